The molecule has 0 aliphatic carbocycles. The smallest absolute Gasteiger partial charge is 0.162 e. The Balaban J connectivity index is 2.06. The number of benzene rings is 1. The van der Waals surface area contributed by atoms with Gasteiger partial charge in [0, 0.05) is 31.2 Å². The Labute approximate surface area is 102 Å². The summed E-state index contributed by atoms with van der Waals surface area (Å²) in [5.41, 5.74) is 0.922. The molecule has 0 amide bonds. The first-order valence-corrected chi connectivity index (χ1v) is 6.07. The second-order valence-electron chi connectivity index (χ2n) is 4.42. The minimum atomic E-state index is 0.272. The van der Waals surface area contributed by atoms with E-state index in [1.807, 2.05) is 19.1 Å². The molecule has 0 radical (unpaired) electrons. The van der Waals surface area contributed by atoms with Crippen molar-refractivity contribution in [1.82, 2.24) is 10.2 Å². The fraction of sp³-hybridized carbons (Fsp3) is 0.538. The average molecular weight is 236 g/mol. The van der Waals surface area contributed by atoms with Crippen LogP contribution in [0.25, 0.3) is 0 Å². The van der Waals surface area contributed by atoms with E-state index in [-0.39, 0.29) is 5.75 Å². The maximum atomic E-state index is 10.1. The Morgan fingerprint density at radius 2 is 2.24 bits per heavy atom. The van der Waals surface area contributed by atoms with Gasteiger partial charge in [0.2, 0.25) is 0 Å². The molecule has 2 N–H and O–H groups in total. The highest BCUT2D eigenvalue weighted by molar-refractivity contribution is 5.45. The lowest BCUT2D eigenvalue weighted by Crippen LogP contribution is -2.55. The standard InChI is InChI=1S/C13H20N2O2/c1-3-17-12-6-4-5-10(13(12)16)9-15(2)11-7-14-8-11/h4-6,11,14,16H,3,7-9H2,1-2H3. The SMILES string of the molecule is CCOc1cccc(CN(C)C2CNC2)c1O. The van der Waals surface area contributed by atoms with Crippen molar-refractivity contribution in [3.8, 4) is 11.5 Å². The zero-order valence-electron chi connectivity index (χ0n) is 10.4. The van der Waals surface area contributed by atoms with Gasteiger partial charge in [0.15, 0.2) is 11.5 Å². The van der Waals surface area contributed by atoms with Gasteiger partial charge < -0.3 is 15.2 Å². The number of hydrogen-bond donors (Lipinski definition) is 2. The Morgan fingerprint density at radius 1 is 1.47 bits per heavy atom. The zero-order valence-corrected chi connectivity index (χ0v) is 10.4. The van der Waals surface area contributed by atoms with Gasteiger partial charge in [-0.25, -0.2) is 0 Å². The van der Waals surface area contributed by atoms with Crippen LogP contribution in [0.1, 0.15) is 12.5 Å². The van der Waals surface area contributed by atoms with Crippen LogP contribution in [0.2, 0.25) is 0 Å². The van der Waals surface area contributed by atoms with Crippen molar-refractivity contribution in [2.45, 2.75) is 19.5 Å². The van der Waals surface area contributed by atoms with Crippen molar-refractivity contribution in [1.29, 1.82) is 0 Å². The highest BCUT2D eigenvalue weighted by Crippen LogP contribution is 2.30. The Hall–Kier alpha value is -1.26. The van der Waals surface area contributed by atoms with Gasteiger partial charge in [0.25, 0.3) is 0 Å². The first kappa shape index (κ1) is 12.2. The molecule has 1 fully saturated rings. The van der Waals surface area contributed by atoms with Crippen LogP contribution in [0.3, 0.4) is 0 Å². The Morgan fingerprint density at radius 3 is 2.82 bits per heavy atom. The normalized spacial score (nSPS) is 15.9. The van der Waals surface area contributed by atoms with Gasteiger partial charge in [-0.2, -0.15) is 0 Å². The number of nitrogens with one attached hydrogen (secondary N) is 1. The van der Waals surface area contributed by atoms with Crippen LogP contribution in [0.5, 0.6) is 11.5 Å². The van der Waals surface area contributed by atoms with Crippen LogP contribution in [0.4, 0.5) is 0 Å². The summed E-state index contributed by atoms with van der Waals surface area (Å²) in [7, 11) is 2.08. The number of rotatable bonds is 5. The molecule has 0 aromatic heterocycles. The van der Waals surface area contributed by atoms with Crippen molar-refractivity contribution >= 4 is 0 Å². The molecule has 1 aromatic rings. The Bertz CT molecular complexity index is 378. The number of phenols is 1. The molecule has 94 valence electrons. The lowest BCUT2D eigenvalue weighted by atomic mass is 10.1. The largest absolute Gasteiger partial charge is 0.504 e. The molecule has 1 aromatic carbocycles. The van der Waals surface area contributed by atoms with E-state index in [2.05, 4.69) is 17.3 Å². The number of para-hydroxylation sites is 1. The van der Waals surface area contributed by atoms with Crippen molar-refractivity contribution in [2.24, 2.45) is 0 Å². The van der Waals surface area contributed by atoms with Gasteiger partial charge in [-0.1, -0.05) is 12.1 Å². The predicted octanol–water partition coefficient (Wildman–Crippen LogP) is 1.19. The van der Waals surface area contributed by atoms with Gasteiger partial charge in [0.05, 0.1) is 6.61 Å². The molecule has 2 rings (SSSR count). The summed E-state index contributed by atoms with van der Waals surface area (Å²) < 4.78 is 5.38. The van der Waals surface area contributed by atoms with Crippen LogP contribution >= 0.6 is 0 Å². The summed E-state index contributed by atoms with van der Waals surface area (Å²) in [6, 6.07) is 6.24. The van der Waals surface area contributed by atoms with E-state index in [0.717, 1.165) is 25.2 Å². The molecule has 1 heterocycles. The summed E-state index contributed by atoms with van der Waals surface area (Å²) in [5, 5.41) is 13.3. The van der Waals surface area contributed by atoms with E-state index < -0.39 is 0 Å². The first-order valence-electron chi connectivity index (χ1n) is 6.07. The average Bonchev–Trinajstić information content (AvgIpc) is 2.21. The van der Waals surface area contributed by atoms with Gasteiger partial charge in [-0.05, 0) is 20.0 Å². The molecule has 0 bridgehead atoms. The van der Waals surface area contributed by atoms with Crippen LogP contribution < -0.4 is 10.1 Å². The summed E-state index contributed by atoms with van der Waals surface area (Å²) >= 11 is 0. The molecule has 0 spiro atoms. The maximum Gasteiger partial charge on any atom is 0.162 e. The predicted molar refractivity (Wildman–Crippen MR) is 67.4 cm³/mol. The maximum absolute atomic E-state index is 10.1. The highest BCUT2D eigenvalue weighted by atomic mass is 16.5. The molecule has 1 aliphatic rings. The third kappa shape index (κ3) is 2.70. The van der Waals surface area contributed by atoms with Crippen molar-refractivity contribution in [2.75, 3.05) is 26.7 Å². The number of likely N-dealkylation sites (N-methyl/N-ethyl adjacent to an activating group) is 1. The molecule has 4 heteroatoms. The van der Waals surface area contributed by atoms with Gasteiger partial charge in [-0.3, -0.25) is 4.90 Å². The van der Waals surface area contributed by atoms with Crippen LogP contribution in [0.15, 0.2) is 18.2 Å². The molecule has 4 nitrogen and oxygen atoms in total. The lowest BCUT2D eigenvalue weighted by Gasteiger charge is -2.35. The zero-order chi connectivity index (χ0) is 12.3. The van der Waals surface area contributed by atoms with Crippen LogP contribution in [-0.2, 0) is 6.54 Å². The lowest BCUT2D eigenvalue weighted by molar-refractivity contribution is 0.171. The summed E-state index contributed by atoms with van der Waals surface area (Å²) in [5.74, 6) is 0.846. The molecule has 0 saturated carbocycles. The van der Waals surface area contributed by atoms with Crippen molar-refractivity contribution in [3.63, 3.8) is 0 Å². The van der Waals surface area contributed by atoms with E-state index in [4.69, 9.17) is 4.74 Å². The fourth-order valence-corrected chi connectivity index (χ4v) is 1.95. The quantitative estimate of drug-likeness (QED) is 0.806. The third-order valence-corrected chi connectivity index (χ3v) is 3.19. The summed E-state index contributed by atoms with van der Waals surface area (Å²) in [6.45, 7) is 5.29. The number of hydrogen-bond acceptors (Lipinski definition) is 4. The molecule has 1 aliphatic heterocycles. The van der Waals surface area contributed by atoms with E-state index in [1.54, 1.807) is 6.07 Å². The minimum Gasteiger partial charge on any atom is -0.504 e. The molecule has 0 atom stereocenters. The number of nitrogens with zero attached hydrogens (tertiary/aromatic N) is 1. The number of ether oxygens (including phenoxy) is 1. The van der Waals surface area contributed by atoms with E-state index in [1.165, 1.54) is 0 Å². The fourth-order valence-electron chi connectivity index (χ4n) is 1.95. The topological polar surface area (TPSA) is 44.7 Å². The van der Waals surface area contributed by atoms with Crippen molar-refractivity contribution < 1.29 is 9.84 Å². The second-order valence-corrected chi connectivity index (χ2v) is 4.42. The van der Waals surface area contributed by atoms with Crippen molar-refractivity contribution in [3.05, 3.63) is 23.8 Å². The van der Waals surface area contributed by atoms with E-state index in [9.17, 15) is 5.11 Å². The number of aromatic hydroxyl groups is 1. The van der Waals surface area contributed by atoms with E-state index in [0.29, 0.717) is 18.4 Å². The molecule has 0 unspecified atom stereocenters. The van der Waals surface area contributed by atoms with E-state index >= 15 is 0 Å². The van der Waals surface area contributed by atoms with Crippen LogP contribution in [-0.4, -0.2) is 42.8 Å². The molecular formula is C13H20N2O2. The number of phenolic OH excluding ortho intramolecular Hbond substituents is 1. The monoisotopic (exact) mass is 236 g/mol. The summed E-state index contributed by atoms with van der Waals surface area (Å²) in [4.78, 5) is 2.25. The van der Waals surface area contributed by atoms with Gasteiger partial charge in [-0.15, -0.1) is 0 Å². The molecular weight excluding hydrogens is 216 g/mol. The van der Waals surface area contributed by atoms with Gasteiger partial charge >= 0.3 is 0 Å². The Kier molecular flexibility index (Phi) is 3.86. The van der Waals surface area contributed by atoms with Gasteiger partial charge in [0.1, 0.15) is 0 Å². The van der Waals surface area contributed by atoms with Crippen LogP contribution in [0, 0.1) is 0 Å². The highest BCUT2D eigenvalue weighted by Gasteiger charge is 2.22. The molecule has 17 heavy (non-hydrogen) atoms. The minimum absolute atomic E-state index is 0.272. The molecule has 1 saturated heterocycles. The summed E-state index contributed by atoms with van der Waals surface area (Å²) in [6.07, 6.45) is 0. The second kappa shape index (κ2) is 5.38. The first-order chi connectivity index (χ1) is 8.22. The third-order valence-electron chi connectivity index (χ3n) is 3.19.